The normalized spacial score (nSPS) is 13.3. The summed E-state index contributed by atoms with van der Waals surface area (Å²) in [4.78, 5) is 16.6. The van der Waals surface area contributed by atoms with Gasteiger partial charge in [0.25, 0.3) is 0 Å². The number of hydrogen-bond donors (Lipinski definition) is 3. The van der Waals surface area contributed by atoms with Crippen molar-refractivity contribution in [1.29, 1.82) is 0 Å². The molecule has 0 atom stereocenters. The number of H-pyrrole nitrogens is 3. The van der Waals surface area contributed by atoms with E-state index in [9.17, 15) is 0 Å². The highest BCUT2D eigenvalue weighted by Crippen LogP contribution is 2.38. The molecule has 5 nitrogen and oxygen atoms in total. The summed E-state index contributed by atoms with van der Waals surface area (Å²) < 4.78 is 7.01. The molecule has 5 aromatic heterocycles. The molecule has 0 unspecified atom stereocenters. The molecule has 0 spiro atoms. The summed E-state index contributed by atoms with van der Waals surface area (Å²) in [6, 6.07) is 43.3. The standard InChI is InChI=1S/C56H48N4O/c1-55(2,3)40-21-17-38(18-22-40)53-48-31-27-44(59-48)42-25-29-46(57-42)52(37-15-13-36(14-16-37)12-11-35-9-7-8-10-35)47-30-26-43(58-47)45-28-32-49(60-45)54(51-34-33-50(53)61-51)39-19-23-41(24-20-39)56(4,5)6/h7-10,13-35,57,59-60H,1-6H3. The molecule has 1 aliphatic carbocycles. The molecule has 6 heterocycles. The van der Waals surface area contributed by atoms with Crippen molar-refractivity contribution < 1.29 is 4.42 Å². The van der Waals surface area contributed by atoms with E-state index in [-0.39, 0.29) is 16.7 Å². The van der Waals surface area contributed by atoms with Gasteiger partial charge in [-0.2, -0.15) is 0 Å². The molecule has 0 amide bonds. The zero-order valence-electron chi connectivity index (χ0n) is 35.4. The van der Waals surface area contributed by atoms with Crippen LogP contribution in [0.5, 0.6) is 0 Å². The minimum absolute atomic E-state index is 0.0267. The molecule has 298 valence electrons. The molecular formula is C56H48N4O. The summed E-state index contributed by atoms with van der Waals surface area (Å²) in [6.07, 6.45) is 12.5. The van der Waals surface area contributed by atoms with Crippen LogP contribution in [0.15, 0.2) is 150 Å². The molecule has 1 aliphatic heterocycles. The first-order valence-electron chi connectivity index (χ1n) is 21.1. The van der Waals surface area contributed by atoms with Crippen LogP contribution in [0.4, 0.5) is 0 Å². The van der Waals surface area contributed by atoms with E-state index in [0.717, 1.165) is 94.6 Å². The van der Waals surface area contributed by atoms with E-state index in [1.165, 1.54) is 11.1 Å². The highest BCUT2D eigenvalue weighted by molar-refractivity contribution is 5.99. The summed E-state index contributed by atoms with van der Waals surface area (Å²) in [5, 5.41) is 0. The van der Waals surface area contributed by atoms with Crippen LogP contribution in [0.1, 0.15) is 69.6 Å². The Morgan fingerprint density at radius 1 is 0.459 bits per heavy atom. The first kappa shape index (κ1) is 37.9. The first-order chi connectivity index (χ1) is 29.4. The monoisotopic (exact) mass is 792 g/mol. The lowest BCUT2D eigenvalue weighted by molar-refractivity contribution is 0.590. The van der Waals surface area contributed by atoms with E-state index in [4.69, 9.17) is 9.40 Å². The first-order valence-corrected chi connectivity index (χ1v) is 21.1. The van der Waals surface area contributed by atoms with Gasteiger partial charge in [-0.1, -0.05) is 138 Å². The molecule has 0 saturated carbocycles. The van der Waals surface area contributed by atoms with E-state index in [1.54, 1.807) is 0 Å². The van der Waals surface area contributed by atoms with Gasteiger partial charge in [0.2, 0.25) is 0 Å². The Morgan fingerprint density at radius 3 is 1.41 bits per heavy atom. The number of nitrogens with zero attached hydrogens (tertiary/aromatic N) is 1. The van der Waals surface area contributed by atoms with Crippen molar-refractivity contribution in [3.05, 3.63) is 174 Å². The van der Waals surface area contributed by atoms with Crippen LogP contribution in [0, 0.1) is 17.8 Å². The number of allylic oxidation sites excluding steroid dienone is 4. The zero-order chi connectivity index (χ0) is 41.9. The van der Waals surface area contributed by atoms with Gasteiger partial charge in [-0.05, 0) is 111 Å². The van der Waals surface area contributed by atoms with Crippen LogP contribution >= 0.6 is 0 Å². The lowest BCUT2D eigenvalue weighted by Crippen LogP contribution is -2.10. The third-order valence-electron chi connectivity index (χ3n) is 11.8. The van der Waals surface area contributed by atoms with Gasteiger partial charge in [-0.25, -0.2) is 4.98 Å². The number of fused-ring (bicyclic) bond motifs is 12. The second-order valence-corrected chi connectivity index (χ2v) is 18.2. The largest absolute Gasteiger partial charge is 0.456 e. The van der Waals surface area contributed by atoms with Crippen LogP contribution in [-0.2, 0) is 10.8 Å². The van der Waals surface area contributed by atoms with Crippen LogP contribution in [-0.4, -0.2) is 19.9 Å². The second kappa shape index (κ2) is 14.8. The third kappa shape index (κ3) is 7.36. The number of aromatic nitrogens is 4. The maximum absolute atomic E-state index is 7.01. The number of rotatable bonds is 3. The van der Waals surface area contributed by atoms with E-state index in [2.05, 4.69) is 214 Å². The third-order valence-corrected chi connectivity index (χ3v) is 11.8. The Hall–Kier alpha value is -7.29. The van der Waals surface area contributed by atoms with E-state index < -0.39 is 0 Å². The Balaban J connectivity index is 1.25. The van der Waals surface area contributed by atoms with Crippen LogP contribution in [0.2, 0.25) is 0 Å². The lowest BCUT2D eigenvalue weighted by Gasteiger charge is -2.19. The summed E-state index contributed by atoms with van der Waals surface area (Å²) in [6.45, 7) is 13.5. The quantitative estimate of drug-likeness (QED) is 0.156. The van der Waals surface area contributed by atoms with E-state index in [1.807, 2.05) is 12.2 Å². The molecule has 3 N–H and O–H groups in total. The Labute approximate surface area is 356 Å². The number of furan rings is 1. The summed E-state index contributed by atoms with van der Waals surface area (Å²) >= 11 is 0. The summed E-state index contributed by atoms with van der Waals surface area (Å²) in [5.41, 5.74) is 18.8. The highest BCUT2D eigenvalue weighted by Gasteiger charge is 2.18. The molecular weight excluding hydrogens is 745 g/mol. The predicted molar refractivity (Wildman–Crippen MR) is 256 cm³/mol. The van der Waals surface area contributed by atoms with Crippen molar-refractivity contribution in [2.24, 2.45) is 5.92 Å². The number of nitrogens with one attached hydrogen (secondary N) is 3. The van der Waals surface area contributed by atoms with Crippen LogP contribution < -0.4 is 0 Å². The molecule has 0 radical (unpaired) electrons. The molecule has 10 bridgehead atoms. The smallest absolute Gasteiger partial charge is 0.137 e. The molecule has 0 saturated heterocycles. The maximum Gasteiger partial charge on any atom is 0.137 e. The Bertz CT molecular complexity index is 3280. The zero-order valence-corrected chi connectivity index (χ0v) is 35.4. The molecule has 61 heavy (non-hydrogen) atoms. The van der Waals surface area contributed by atoms with E-state index in [0.29, 0.717) is 0 Å². The van der Waals surface area contributed by atoms with Crippen molar-refractivity contribution in [2.75, 3.05) is 0 Å². The lowest BCUT2D eigenvalue weighted by atomic mass is 9.86. The topological polar surface area (TPSA) is 73.4 Å². The number of hydrogen-bond acceptors (Lipinski definition) is 2. The molecule has 3 aromatic carbocycles. The fourth-order valence-corrected chi connectivity index (χ4v) is 8.34. The molecule has 2 aliphatic rings. The molecule has 5 heteroatoms. The van der Waals surface area contributed by atoms with Crippen molar-refractivity contribution in [3.63, 3.8) is 0 Å². The number of benzene rings is 3. The average Bonchev–Trinajstić information content (AvgIpc) is 4.10. The number of aromatic amines is 3. The second-order valence-electron chi connectivity index (χ2n) is 18.2. The van der Waals surface area contributed by atoms with Gasteiger partial charge in [0.1, 0.15) is 11.2 Å². The van der Waals surface area contributed by atoms with Gasteiger partial charge in [0.05, 0.1) is 44.9 Å². The van der Waals surface area contributed by atoms with Gasteiger partial charge >= 0.3 is 0 Å². The van der Waals surface area contributed by atoms with E-state index >= 15 is 0 Å². The fourth-order valence-electron chi connectivity index (χ4n) is 8.34. The highest BCUT2D eigenvalue weighted by atomic mass is 16.3. The summed E-state index contributed by atoms with van der Waals surface area (Å²) in [5.74, 6) is 6.86. The Morgan fingerprint density at radius 2 is 0.885 bits per heavy atom. The van der Waals surface area contributed by atoms with Crippen LogP contribution in [0.3, 0.4) is 0 Å². The molecule has 10 rings (SSSR count). The molecule has 0 fully saturated rings. The SMILES string of the molecule is CC(C)(C)c1ccc(-c2c3ccc([nH]3)c3nc(c(-c4ccc(C#CC5C=CC=C5)cc4)c4ccc([nH]4)c4ccc([nH]4)c(-c4ccc(C(C)(C)C)cc4)c4ccc2o4)C=C3)cc1. The van der Waals surface area contributed by atoms with Crippen LogP contribution in [0.25, 0.3) is 89.8 Å². The van der Waals surface area contributed by atoms with Gasteiger partial charge in [0.15, 0.2) is 0 Å². The van der Waals surface area contributed by atoms with Crippen molar-refractivity contribution in [2.45, 2.75) is 52.4 Å². The van der Waals surface area contributed by atoms with Gasteiger partial charge in [-0.15, -0.1) is 0 Å². The van der Waals surface area contributed by atoms with Gasteiger partial charge in [-0.3, -0.25) is 0 Å². The average molecular weight is 793 g/mol. The predicted octanol–water partition coefficient (Wildman–Crippen LogP) is 14.7. The van der Waals surface area contributed by atoms with Crippen molar-refractivity contribution in [1.82, 2.24) is 19.9 Å². The van der Waals surface area contributed by atoms with Gasteiger partial charge in [0, 0.05) is 27.8 Å². The Kier molecular flexibility index (Phi) is 9.18. The summed E-state index contributed by atoms with van der Waals surface area (Å²) in [7, 11) is 0. The maximum atomic E-state index is 7.01. The van der Waals surface area contributed by atoms with Crippen molar-refractivity contribution in [3.8, 4) is 45.2 Å². The fraction of sp³-hybridized carbons (Fsp3) is 0.161. The minimum atomic E-state index is 0.0267. The van der Waals surface area contributed by atoms with Crippen molar-refractivity contribution >= 4 is 56.4 Å². The van der Waals surface area contributed by atoms with Gasteiger partial charge < -0.3 is 19.4 Å². The minimum Gasteiger partial charge on any atom is -0.456 e. The molecule has 8 aromatic rings.